The molecule has 0 atom stereocenters. The van der Waals surface area contributed by atoms with Gasteiger partial charge in [-0.2, -0.15) is 0 Å². The van der Waals surface area contributed by atoms with Gasteiger partial charge in [0, 0.05) is 43.6 Å². The number of thiophene rings is 1. The summed E-state index contributed by atoms with van der Waals surface area (Å²) in [7, 11) is 3.95. The molecule has 1 aliphatic heterocycles. The molecule has 11 nitrogen and oxygen atoms in total. The molecular formula is C47H81N3O8S. The van der Waals surface area contributed by atoms with Crippen molar-refractivity contribution in [2.24, 2.45) is 0 Å². The first-order valence-corrected chi connectivity index (χ1v) is 24.3. The average molecular weight is 848 g/mol. The maximum Gasteiger partial charge on any atom is 0.341 e. The molecule has 1 aromatic heterocycles. The van der Waals surface area contributed by atoms with E-state index in [0.29, 0.717) is 81.8 Å². The number of rotatable bonds is 36. The van der Waals surface area contributed by atoms with Crippen molar-refractivity contribution >= 4 is 46.1 Å². The smallest absolute Gasteiger partial charge is 0.341 e. The Morgan fingerprint density at radius 2 is 1.07 bits per heavy atom. The molecule has 2 heterocycles. The molecule has 2 amide bonds. The van der Waals surface area contributed by atoms with Gasteiger partial charge in [-0.25, -0.2) is 4.79 Å². The van der Waals surface area contributed by atoms with E-state index in [9.17, 15) is 24.0 Å². The van der Waals surface area contributed by atoms with Crippen LogP contribution in [-0.2, 0) is 46.4 Å². The van der Waals surface area contributed by atoms with Gasteiger partial charge in [-0.3, -0.25) is 19.2 Å². The van der Waals surface area contributed by atoms with E-state index >= 15 is 0 Å². The number of carbonyl (C=O) groups is 5. The van der Waals surface area contributed by atoms with Crippen LogP contribution in [-0.4, -0.2) is 86.5 Å². The van der Waals surface area contributed by atoms with Crippen LogP contribution in [0.5, 0.6) is 0 Å². The molecule has 0 aromatic carbocycles. The SMILES string of the molecule is CCCCCCCCCOC(=O)CCCCCCC(=O)Nc1sc2c(c1C(=O)OCCCN(C)C)CCN(C(=O)CCCCCCC(=O)OCCCCCCCCC)C2. The van der Waals surface area contributed by atoms with Crippen molar-refractivity contribution in [3.63, 3.8) is 0 Å². The minimum Gasteiger partial charge on any atom is -0.466 e. The van der Waals surface area contributed by atoms with Crippen molar-refractivity contribution in [1.29, 1.82) is 0 Å². The molecule has 1 aliphatic rings. The van der Waals surface area contributed by atoms with Crippen molar-refractivity contribution in [3.05, 3.63) is 16.0 Å². The first-order chi connectivity index (χ1) is 28.7. The number of carbonyl (C=O) groups excluding carboxylic acids is 5. The highest BCUT2D eigenvalue weighted by molar-refractivity contribution is 7.17. The Hall–Kier alpha value is -2.99. The van der Waals surface area contributed by atoms with Crippen LogP contribution in [0.15, 0.2) is 0 Å². The number of nitrogens with one attached hydrogen (secondary N) is 1. The number of esters is 3. The van der Waals surface area contributed by atoms with Gasteiger partial charge in [-0.1, -0.05) is 117 Å². The summed E-state index contributed by atoms with van der Waals surface area (Å²) in [6.07, 6.45) is 25.8. The van der Waals surface area contributed by atoms with E-state index in [-0.39, 0.29) is 30.4 Å². The third kappa shape index (κ3) is 24.8. The van der Waals surface area contributed by atoms with Crippen LogP contribution in [0.2, 0.25) is 0 Å². The minimum atomic E-state index is -0.433. The summed E-state index contributed by atoms with van der Waals surface area (Å²) in [5.74, 6) is -0.778. The van der Waals surface area contributed by atoms with E-state index in [4.69, 9.17) is 14.2 Å². The van der Waals surface area contributed by atoms with Gasteiger partial charge in [-0.05, 0) is 71.0 Å². The number of anilines is 1. The summed E-state index contributed by atoms with van der Waals surface area (Å²) in [6.45, 7) is 7.43. The molecule has 0 aliphatic carbocycles. The van der Waals surface area contributed by atoms with E-state index in [1.165, 1.54) is 75.5 Å². The zero-order valence-corrected chi connectivity index (χ0v) is 38.4. The second kappa shape index (κ2) is 33.7. The number of unbranched alkanes of at least 4 members (excludes halogenated alkanes) is 18. The molecule has 0 unspecified atom stereocenters. The van der Waals surface area contributed by atoms with Crippen molar-refractivity contribution in [2.75, 3.05) is 52.3 Å². The van der Waals surface area contributed by atoms with Crippen molar-refractivity contribution in [1.82, 2.24) is 9.80 Å². The summed E-state index contributed by atoms with van der Waals surface area (Å²) in [5.41, 5.74) is 1.29. The van der Waals surface area contributed by atoms with Gasteiger partial charge in [0.25, 0.3) is 0 Å². The summed E-state index contributed by atoms with van der Waals surface area (Å²) >= 11 is 1.37. The standard InChI is InChI=1S/C47H81N3O8S/c1-5-7-9-11-13-19-25-35-56-43(53)30-23-17-15-21-28-41(51)48-46-45(47(55)58-37-27-33-49(3)4)39-32-34-50(38-40(39)59-46)42(52)29-22-16-18-24-31-44(54)57-36-26-20-14-12-10-8-6-2/h5-38H2,1-4H3,(H,48,51). The number of hydrogen-bond acceptors (Lipinski definition) is 10. The zero-order chi connectivity index (χ0) is 42.9. The average Bonchev–Trinajstić information content (AvgIpc) is 3.57. The Balaban J connectivity index is 1.75. The molecule has 0 fully saturated rings. The van der Waals surface area contributed by atoms with Crippen LogP contribution in [0.1, 0.15) is 208 Å². The second-order valence-corrected chi connectivity index (χ2v) is 17.7. The Morgan fingerprint density at radius 1 is 0.593 bits per heavy atom. The predicted octanol–water partition coefficient (Wildman–Crippen LogP) is 10.9. The fraction of sp³-hybridized carbons (Fsp3) is 0.809. The largest absolute Gasteiger partial charge is 0.466 e. The van der Waals surface area contributed by atoms with Crippen molar-refractivity contribution < 1.29 is 38.2 Å². The van der Waals surface area contributed by atoms with E-state index < -0.39 is 5.97 Å². The number of fused-ring (bicyclic) bond motifs is 1. The van der Waals surface area contributed by atoms with Gasteiger partial charge in [0.15, 0.2) is 0 Å². The third-order valence-corrected chi connectivity index (χ3v) is 12.1. The molecule has 1 N–H and O–H groups in total. The molecule has 2 rings (SSSR count). The quantitative estimate of drug-likeness (QED) is 0.0398. The predicted molar refractivity (Wildman–Crippen MR) is 239 cm³/mol. The van der Waals surface area contributed by atoms with Crippen LogP contribution in [0.3, 0.4) is 0 Å². The molecule has 338 valence electrons. The fourth-order valence-electron chi connectivity index (χ4n) is 7.33. The molecule has 0 saturated carbocycles. The summed E-state index contributed by atoms with van der Waals surface area (Å²) < 4.78 is 16.5. The number of nitrogens with zero attached hydrogens (tertiary/aromatic N) is 2. The van der Waals surface area contributed by atoms with Gasteiger partial charge in [-0.15, -0.1) is 11.3 Å². The second-order valence-electron chi connectivity index (χ2n) is 16.6. The van der Waals surface area contributed by atoms with Crippen molar-refractivity contribution in [3.8, 4) is 0 Å². The maximum atomic E-state index is 13.4. The van der Waals surface area contributed by atoms with Crippen molar-refractivity contribution in [2.45, 2.75) is 200 Å². The van der Waals surface area contributed by atoms with E-state index in [0.717, 1.165) is 87.6 Å². The molecule has 1 aromatic rings. The van der Waals surface area contributed by atoms with Gasteiger partial charge in [0.05, 0.1) is 31.9 Å². The molecule has 0 radical (unpaired) electrons. The third-order valence-electron chi connectivity index (χ3n) is 10.9. The van der Waals surface area contributed by atoms with Crippen LogP contribution in [0, 0.1) is 0 Å². The number of amides is 2. The summed E-state index contributed by atoms with van der Waals surface area (Å²) in [4.78, 5) is 68.8. The Morgan fingerprint density at radius 3 is 1.61 bits per heavy atom. The molecular weight excluding hydrogens is 767 g/mol. The van der Waals surface area contributed by atoms with Gasteiger partial charge in [0.2, 0.25) is 11.8 Å². The van der Waals surface area contributed by atoms with Crippen LogP contribution >= 0.6 is 11.3 Å². The topological polar surface area (TPSA) is 132 Å². The first kappa shape index (κ1) is 52.1. The number of hydrogen-bond donors (Lipinski definition) is 1. The molecule has 0 saturated heterocycles. The fourth-order valence-corrected chi connectivity index (χ4v) is 8.60. The van der Waals surface area contributed by atoms with Crippen LogP contribution in [0.25, 0.3) is 0 Å². The lowest BCUT2D eigenvalue weighted by Gasteiger charge is -2.27. The highest BCUT2D eigenvalue weighted by atomic mass is 32.1. The Labute approximate surface area is 361 Å². The lowest BCUT2D eigenvalue weighted by atomic mass is 10.0. The highest BCUT2D eigenvalue weighted by Crippen LogP contribution is 2.38. The van der Waals surface area contributed by atoms with Gasteiger partial charge < -0.3 is 29.3 Å². The van der Waals surface area contributed by atoms with E-state index in [1.807, 2.05) is 23.9 Å². The number of ether oxygens (including phenoxy) is 3. The van der Waals surface area contributed by atoms with Crippen LogP contribution in [0.4, 0.5) is 5.00 Å². The van der Waals surface area contributed by atoms with Gasteiger partial charge >= 0.3 is 17.9 Å². The lowest BCUT2D eigenvalue weighted by Crippen LogP contribution is -2.35. The van der Waals surface area contributed by atoms with Crippen LogP contribution < -0.4 is 5.32 Å². The molecule has 0 spiro atoms. The maximum absolute atomic E-state index is 13.4. The lowest BCUT2D eigenvalue weighted by molar-refractivity contribution is -0.144. The Kier molecular flexibility index (Phi) is 29.8. The summed E-state index contributed by atoms with van der Waals surface area (Å²) in [5, 5.41) is 3.50. The Bertz CT molecular complexity index is 1330. The zero-order valence-electron chi connectivity index (χ0n) is 37.6. The minimum absolute atomic E-state index is 0.0815. The first-order valence-electron chi connectivity index (χ1n) is 23.5. The summed E-state index contributed by atoms with van der Waals surface area (Å²) in [6, 6.07) is 0. The van der Waals surface area contributed by atoms with Gasteiger partial charge in [0.1, 0.15) is 5.00 Å². The molecule has 59 heavy (non-hydrogen) atoms. The molecule has 0 bridgehead atoms. The normalized spacial score (nSPS) is 12.4. The highest BCUT2D eigenvalue weighted by Gasteiger charge is 2.31. The molecule has 12 heteroatoms. The monoisotopic (exact) mass is 848 g/mol. The van der Waals surface area contributed by atoms with E-state index in [1.54, 1.807) is 0 Å². The van der Waals surface area contributed by atoms with E-state index in [2.05, 4.69) is 19.2 Å².